The number of ether oxygens (including phenoxy) is 1. The van der Waals surface area contributed by atoms with E-state index in [1.165, 1.54) is 12.1 Å². The molecular formula is C17H16ClFO2. The second kappa shape index (κ2) is 5.00. The third-order valence-corrected chi connectivity index (χ3v) is 4.19. The standard InChI is InChI=1S/C17H16ClFO2/c1-17(2)9-21-15-6-4-10(7-12(15)17)16(20)11-3-5-14(19)13(18)8-11/h3-8,16,20H,9H2,1-2H3. The van der Waals surface area contributed by atoms with Gasteiger partial charge in [0.15, 0.2) is 0 Å². The van der Waals surface area contributed by atoms with Gasteiger partial charge in [-0.25, -0.2) is 4.39 Å². The number of hydrogen-bond acceptors (Lipinski definition) is 2. The number of aliphatic hydroxyl groups is 1. The van der Waals surface area contributed by atoms with Crippen LogP contribution in [0.2, 0.25) is 5.02 Å². The Balaban J connectivity index is 1.99. The van der Waals surface area contributed by atoms with Crippen LogP contribution in [-0.4, -0.2) is 11.7 Å². The third kappa shape index (κ3) is 2.52. The molecule has 4 heteroatoms. The molecule has 2 nitrogen and oxygen atoms in total. The van der Waals surface area contributed by atoms with Crippen molar-refractivity contribution >= 4 is 11.6 Å². The fraction of sp³-hybridized carbons (Fsp3) is 0.294. The third-order valence-electron chi connectivity index (χ3n) is 3.90. The molecule has 0 saturated heterocycles. The Morgan fingerprint density at radius 2 is 1.86 bits per heavy atom. The number of fused-ring (bicyclic) bond motifs is 1. The van der Waals surface area contributed by atoms with Crippen molar-refractivity contribution in [2.24, 2.45) is 0 Å². The lowest BCUT2D eigenvalue weighted by Gasteiger charge is -2.18. The monoisotopic (exact) mass is 306 g/mol. The van der Waals surface area contributed by atoms with Gasteiger partial charge < -0.3 is 9.84 Å². The van der Waals surface area contributed by atoms with Gasteiger partial charge in [-0.15, -0.1) is 0 Å². The van der Waals surface area contributed by atoms with Gasteiger partial charge in [-0.3, -0.25) is 0 Å². The molecule has 0 spiro atoms. The molecule has 1 N–H and O–H groups in total. The van der Waals surface area contributed by atoms with Gasteiger partial charge in [-0.05, 0) is 35.4 Å². The highest BCUT2D eigenvalue weighted by Crippen LogP contribution is 2.40. The maximum absolute atomic E-state index is 13.2. The van der Waals surface area contributed by atoms with E-state index in [-0.39, 0.29) is 10.4 Å². The lowest BCUT2D eigenvalue weighted by atomic mass is 9.85. The molecule has 21 heavy (non-hydrogen) atoms. The first kappa shape index (κ1) is 14.4. The van der Waals surface area contributed by atoms with Crippen LogP contribution in [0.4, 0.5) is 4.39 Å². The van der Waals surface area contributed by atoms with Crippen molar-refractivity contribution in [3.05, 3.63) is 63.9 Å². The van der Waals surface area contributed by atoms with Gasteiger partial charge in [-0.2, -0.15) is 0 Å². The predicted molar refractivity (Wildman–Crippen MR) is 80.4 cm³/mol. The molecule has 0 amide bonds. The van der Waals surface area contributed by atoms with Crippen molar-refractivity contribution in [1.29, 1.82) is 0 Å². The molecule has 0 aliphatic carbocycles. The van der Waals surface area contributed by atoms with E-state index in [4.69, 9.17) is 16.3 Å². The Morgan fingerprint density at radius 3 is 2.57 bits per heavy atom. The first-order valence-corrected chi connectivity index (χ1v) is 7.16. The summed E-state index contributed by atoms with van der Waals surface area (Å²) in [4.78, 5) is 0. The van der Waals surface area contributed by atoms with Crippen molar-refractivity contribution in [2.75, 3.05) is 6.61 Å². The SMILES string of the molecule is CC1(C)COc2ccc(C(O)c3ccc(F)c(Cl)c3)cc21. The van der Waals surface area contributed by atoms with Gasteiger partial charge in [0.05, 0.1) is 11.6 Å². The van der Waals surface area contributed by atoms with Crippen LogP contribution in [-0.2, 0) is 5.41 Å². The van der Waals surface area contributed by atoms with E-state index in [1.807, 2.05) is 18.2 Å². The van der Waals surface area contributed by atoms with Crippen molar-refractivity contribution < 1.29 is 14.2 Å². The lowest BCUT2D eigenvalue weighted by molar-refractivity contribution is 0.220. The molecule has 1 heterocycles. The van der Waals surface area contributed by atoms with E-state index < -0.39 is 11.9 Å². The minimum Gasteiger partial charge on any atom is -0.492 e. The number of hydrogen-bond donors (Lipinski definition) is 1. The highest BCUT2D eigenvalue weighted by Gasteiger charge is 2.32. The fourth-order valence-corrected chi connectivity index (χ4v) is 2.77. The van der Waals surface area contributed by atoms with E-state index >= 15 is 0 Å². The van der Waals surface area contributed by atoms with Crippen LogP contribution in [0.3, 0.4) is 0 Å². The maximum Gasteiger partial charge on any atom is 0.141 e. The zero-order valence-corrected chi connectivity index (χ0v) is 12.6. The van der Waals surface area contributed by atoms with Crippen LogP contribution in [0, 0.1) is 5.82 Å². The zero-order chi connectivity index (χ0) is 15.2. The molecule has 1 atom stereocenters. The topological polar surface area (TPSA) is 29.5 Å². The van der Waals surface area contributed by atoms with Crippen LogP contribution in [0.5, 0.6) is 5.75 Å². The molecule has 1 aliphatic rings. The van der Waals surface area contributed by atoms with Crippen molar-refractivity contribution in [3.63, 3.8) is 0 Å². The van der Waals surface area contributed by atoms with E-state index in [9.17, 15) is 9.50 Å². The smallest absolute Gasteiger partial charge is 0.141 e. The van der Waals surface area contributed by atoms with Gasteiger partial charge in [0, 0.05) is 11.0 Å². The zero-order valence-electron chi connectivity index (χ0n) is 11.9. The minimum atomic E-state index is -0.843. The average Bonchev–Trinajstić information content (AvgIpc) is 2.76. The quantitative estimate of drug-likeness (QED) is 0.899. The van der Waals surface area contributed by atoms with Gasteiger partial charge in [0.1, 0.15) is 17.7 Å². The van der Waals surface area contributed by atoms with Gasteiger partial charge in [0.2, 0.25) is 0 Å². The summed E-state index contributed by atoms with van der Waals surface area (Å²) in [5, 5.41) is 10.5. The Bertz CT molecular complexity index is 697. The van der Waals surface area contributed by atoms with E-state index in [2.05, 4.69) is 13.8 Å². The Morgan fingerprint density at radius 1 is 1.19 bits per heavy atom. The van der Waals surface area contributed by atoms with Crippen molar-refractivity contribution in [1.82, 2.24) is 0 Å². The molecule has 0 aromatic heterocycles. The number of aliphatic hydroxyl groups excluding tert-OH is 1. The highest BCUT2D eigenvalue weighted by atomic mass is 35.5. The van der Waals surface area contributed by atoms with Crippen molar-refractivity contribution in [3.8, 4) is 5.75 Å². The molecule has 1 aliphatic heterocycles. The predicted octanol–water partition coefficient (Wildman–Crippen LogP) is 4.23. The molecule has 0 saturated carbocycles. The van der Waals surface area contributed by atoms with Crippen molar-refractivity contribution in [2.45, 2.75) is 25.4 Å². The summed E-state index contributed by atoms with van der Waals surface area (Å²) in [6.45, 7) is 4.83. The van der Waals surface area contributed by atoms with Crippen LogP contribution in [0.1, 0.15) is 36.6 Å². The van der Waals surface area contributed by atoms with Gasteiger partial charge in [-0.1, -0.05) is 37.6 Å². The molecule has 0 bridgehead atoms. The molecule has 3 rings (SSSR count). The normalized spacial score (nSPS) is 17.2. The summed E-state index contributed by atoms with van der Waals surface area (Å²) >= 11 is 5.78. The van der Waals surface area contributed by atoms with Gasteiger partial charge in [0.25, 0.3) is 0 Å². The minimum absolute atomic E-state index is 0.0105. The first-order chi connectivity index (χ1) is 9.88. The maximum atomic E-state index is 13.2. The van der Waals surface area contributed by atoms with Crippen LogP contribution >= 0.6 is 11.6 Å². The summed E-state index contributed by atoms with van der Waals surface area (Å²) < 4.78 is 18.9. The number of rotatable bonds is 2. The number of halogens is 2. The summed E-state index contributed by atoms with van der Waals surface area (Å²) in [6, 6.07) is 9.90. The fourth-order valence-electron chi connectivity index (χ4n) is 2.58. The Labute approximate surface area is 128 Å². The van der Waals surface area contributed by atoms with E-state index in [1.54, 1.807) is 6.07 Å². The van der Waals surface area contributed by atoms with Gasteiger partial charge >= 0.3 is 0 Å². The van der Waals surface area contributed by atoms with E-state index in [0.717, 1.165) is 16.9 Å². The molecule has 1 unspecified atom stereocenters. The van der Waals surface area contributed by atoms with Crippen LogP contribution in [0.15, 0.2) is 36.4 Å². The summed E-state index contributed by atoms with van der Waals surface area (Å²) in [5.74, 6) is 0.365. The van der Waals surface area contributed by atoms with Crippen LogP contribution < -0.4 is 4.74 Å². The Kier molecular flexibility index (Phi) is 3.42. The lowest BCUT2D eigenvalue weighted by Crippen LogP contribution is -2.18. The molecular weight excluding hydrogens is 291 g/mol. The van der Waals surface area contributed by atoms with Crippen LogP contribution in [0.25, 0.3) is 0 Å². The van der Waals surface area contributed by atoms with E-state index in [0.29, 0.717) is 12.2 Å². The summed E-state index contributed by atoms with van der Waals surface area (Å²) in [7, 11) is 0. The molecule has 2 aromatic carbocycles. The largest absolute Gasteiger partial charge is 0.492 e. The average molecular weight is 307 g/mol. The first-order valence-electron chi connectivity index (χ1n) is 6.79. The molecule has 0 radical (unpaired) electrons. The Hall–Kier alpha value is -1.58. The molecule has 0 fully saturated rings. The summed E-state index contributed by atoms with van der Waals surface area (Å²) in [5.41, 5.74) is 2.31. The second-order valence-electron chi connectivity index (χ2n) is 6.00. The number of benzene rings is 2. The molecule has 110 valence electrons. The molecule has 2 aromatic rings. The summed E-state index contributed by atoms with van der Waals surface area (Å²) in [6.07, 6.45) is -0.843. The second-order valence-corrected chi connectivity index (χ2v) is 6.41. The highest BCUT2D eigenvalue weighted by molar-refractivity contribution is 6.30.